The Labute approximate surface area is 169 Å². The zero-order valence-corrected chi connectivity index (χ0v) is 16.8. The first kappa shape index (κ1) is 19.8. The molecule has 0 N–H and O–H groups in total. The van der Waals surface area contributed by atoms with Crippen LogP contribution in [-0.4, -0.2) is 36.9 Å². The fourth-order valence-corrected chi connectivity index (χ4v) is 4.76. The second kappa shape index (κ2) is 7.40. The van der Waals surface area contributed by atoms with Crippen molar-refractivity contribution in [3.63, 3.8) is 0 Å². The molecule has 10 heteroatoms. The Kier molecular flexibility index (Phi) is 5.05. The summed E-state index contributed by atoms with van der Waals surface area (Å²) in [5, 5.41) is 8.67. The zero-order valence-electron chi connectivity index (χ0n) is 16.0. The number of aryl methyl sites for hydroxylation is 2. The van der Waals surface area contributed by atoms with Crippen molar-refractivity contribution in [2.45, 2.75) is 51.7 Å². The molecule has 0 radical (unpaired) electrons. The molecule has 0 bridgehead atoms. The van der Waals surface area contributed by atoms with E-state index in [-0.39, 0.29) is 11.6 Å². The standard InChI is InChI=1S/C19H20F3N5OS/c1-3-6-13-15(29-11(2)23-13)18(28)26-9-5-8-14(26)17-25-24-16-12(19(20,21)22)7-4-10-27(16)17/h4,7,10,14H,3,5-6,8-9H2,1-2H3. The number of amides is 1. The highest BCUT2D eigenvalue weighted by Gasteiger charge is 2.38. The van der Waals surface area contributed by atoms with Crippen molar-refractivity contribution in [1.82, 2.24) is 24.5 Å². The van der Waals surface area contributed by atoms with Gasteiger partial charge in [0.15, 0.2) is 11.5 Å². The number of carbonyl (C=O) groups excluding carboxylic acids is 1. The summed E-state index contributed by atoms with van der Waals surface area (Å²) < 4.78 is 41.2. The Morgan fingerprint density at radius 1 is 1.34 bits per heavy atom. The first-order valence-corrected chi connectivity index (χ1v) is 10.3. The summed E-state index contributed by atoms with van der Waals surface area (Å²) in [5.74, 6) is 0.223. The van der Waals surface area contributed by atoms with Crippen molar-refractivity contribution in [3.05, 3.63) is 45.3 Å². The maximum atomic E-state index is 13.3. The molecule has 4 heterocycles. The van der Waals surface area contributed by atoms with E-state index in [1.165, 1.54) is 28.0 Å². The van der Waals surface area contributed by atoms with Crippen LogP contribution in [0, 0.1) is 6.92 Å². The monoisotopic (exact) mass is 423 g/mol. The highest BCUT2D eigenvalue weighted by Crippen LogP contribution is 2.36. The van der Waals surface area contributed by atoms with E-state index >= 15 is 0 Å². The van der Waals surface area contributed by atoms with Gasteiger partial charge in [-0.1, -0.05) is 13.3 Å². The summed E-state index contributed by atoms with van der Waals surface area (Å²) >= 11 is 1.36. The number of thiazole rings is 1. The SMILES string of the molecule is CCCc1nc(C)sc1C(=O)N1CCCC1c1nnc2c(C(F)(F)F)cccn12. The number of halogens is 3. The molecule has 1 unspecified atom stereocenters. The van der Waals surface area contributed by atoms with Crippen LogP contribution in [0.1, 0.15) is 64.0 Å². The highest BCUT2D eigenvalue weighted by molar-refractivity contribution is 7.13. The summed E-state index contributed by atoms with van der Waals surface area (Å²) in [6.45, 7) is 4.43. The number of aromatic nitrogens is 4. The molecule has 29 heavy (non-hydrogen) atoms. The average molecular weight is 423 g/mol. The van der Waals surface area contributed by atoms with E-state index < -0.39 is 17.8 Å². The van der Waals surface area contributed by atoms with Gasteiger partial charge in [-0.3, -0.25) is 9.20 Å². The van der Waals surface area contributed by atoms with E-state index in [1.807, 2.05) is 13.8 Å². The molecule has 1 atom stereocenters. The Morgan fingerprint density at radius 2 is 2.14 bits per heavy atom. The molecule has 1 aliphatic rings. The minimum atomic E-state index is -4.52. The smallest absolute Gasteiger partial charge is 0.328 e. The molecule has 1 aliphatic heterocycles. The van der Waals surface area contributed by atoms with Crippen LogP contribution in [0.5, 0.6) is 0 Å². The van der Waals surface area contributed by atoms with Crippen LogP contribution in [0.15, 0.2) is 18.3 Å². The van der Waals surface area contributed by atoms with Gasteiger partial charge in [0, 0.05) is 12.7 Å². The topological polar surface area (TPSA) is 63.4 Å². The first-order valence-electron chi connectivity index (χ1n) is 9.49. The second-order valence-electron chi connectivity index (χ2n) is 7.09. The summed E-state index contributed by atoms with van der Waals surface area (Å²) in [5.41, 5.74) is -0.288. The summed E-state index contributed by atoms with van der Waals surface area (Å²) in [7, 11) is 0. The molecular weight excluding hydrogens is 403 g/mol. The van der Waals surface area contributed by atoms with E-state index in [1.54, 1.807) is 4.90 Å². The van der Waals surface area contributed by atoms with E-state index in [4.69, 9.17) is 0 Å². The van der Waals surface area contributed by atoms with E-state index in [9.17, 15) is 18.0 Å². The minimum Gasteiger partial charge on any atom is -0.328 e. The lowest BCUT2D eigenvalue weighted by molar-refractivity contribution is -0.136. The Morgan fingerprint density at radius 3 is 2.86 bits per heavy atom. The van der Waals surface area contributed by atoms with Crippen LogP contribution in [-0.2, 0) is 12.6 Å². The molecule has 0 spiro atoms. The van der Waals surface area contributed by atoms with Crippen molar-refractivity contribution < 1.29 is 18.0 Å². The van der Waals surface area contributed by atoms with Gasteiger partial charge < -0.3 is 4.90 Å². The number of likely N-dealkylation sites (tertiary alicyclic amines) is 1. The van der Waals surface area contributed by atoms with Gasteiger partial charge in [0.05, 0.1) is 16.7 Å². The molecule has 1 fully saturated rings. The van der Waals surface area contributed by atoms with Crippen LogP contribution >= 0.6 is 11.3 Å². The number of nitrogens with zero attached hydrogens (tertiary/aromatic N) is 5. The Hall–Kier alpha value is -2.49. The Balaban J connectivity index is 1.72. The second-order valence-corrected chi connectivity index (χ2v) is 8.29. The summed E-state index contributed by atoms with van der Waals surface area (Å²) in [6.07, 6.45) is -0.0308. The van der Waals surface area contributed by atoms with Crippen molar-refractivity contribution in [2.75, 3.05) is 6.54 Å². The van der Waals surface area contributed by atoms with Gasteiger partial charge >= 0.3 is 6.18 Å². The van der Waals surface area contributed by atoms with Crippen LogP contribution in [0.3, 0.4) is 0 Å². The first-order chi connectivity index (χ1) is 13.8. The van der Waals surface area contributed by atoms with E-state index in [0.29, 0.717) is 30.1 Å². The molecule has 1 saturated heterocycles. The molecule has 0 saturated carbocycles. The molecule has 1 amide bonds. The maximum Gasteiger partial charge on any atom is 0.420 e. The largest absolute Gasteiger partial charge is 0.420 e. The molecule has 4 rings (SSSR count). The number of hydrogen-bond donors (Lipinski definition) is 0. The van der Waals surface area contributed by atoms with Crippen molar-refractivity contribution in [2.24, 2.45) is 0 Å². The van der Waals surface area contributed by atoms with Crippen LogP contribution in [0.4, 0.5) is 13.2 Å². The third-order valence-electron chi connectivity index (χ3n) is 5.06. The number of fused-ring (bicyclic) bond motifs is 1. The Bertz CT molecular complexity index is 1060. The predicted octanol–water partition coefficient (Wildman–Crippen LogP) is 4.44. The summed E-state index contributed by atoms with van der Waals surface area (Å²) in [4.78, 5) is 20.1. The van der Waals surface area contributed by atoms with E-state index in [2.05, 4.69) is 15.2 Å². The third kappa shape index (κ3) is 3.50. The predicted molar refractivity (Wildman–Crippen MR) is 102 cm³/mol. The summed E-state index contributed by atoms with van der Waals surface area (Å²) in [6, 6.07) is 1.90. The van der Waals surface area contributed by atoms with Gasteiger partial charge in [-0.05, 0) is 38.3 Å². The van der Waals surface area contributed by atoms with Crippen molar-refractivity contribution in [1.29, 1.82) is 0 Å². The van der Waals surface area contributed by atoms with Gasteiger partial charge in [-0.2, -0.15) is 13.2 Å². The number of hydrogen-bond acceptors (Lipinski definition) is 5. The number of alkyl halides is 3. The van der Waals surface area contributed by atoms with Crippen LogP contribution in [0.25, 0.3) is 5.65 Å². The van der Waals surface area contributed by atoms with E-state index in [0.717, 1.165) is 29.6 Å². The average Bonchev–Trinajstić information content (AvgIpc) is 3.37. The quantitative estimate of drug-likeness (QED) is 0.622. The van der Waals surface area contributed by atoms with Crippen molar-refractivity contribution >= 4 is 22.9 Å². The van der Waals surface area contributed by atoms with Crippen molar-refractivity contribution in [3.8, 4) is 0 Å². The highest BCUT2D eigenvalue weighted by atomic mass is 32.1. The zero-order chi connectivity index (χ0) is 20.8. The molecule has 3 aromatic rings. The fourth-order valence-electron chi connectivity index (χ4n) is 3.83. The van der Waals surface area contributed by atoms with Gasteiger partial charge in [-0.25, -0.2) is 4.98 Å². The maximum absolute atomic E-state index is 13.3. The number of rotatable bonds is 4. The lowest BCUT2D eigenvalue weighted by atomic mass is 10.2. The van der Waals surface area contributed by atoms with Crippen LogP contribution < -0.4 is 0 Å². The molecule has 154 valence electrons. The molecule has 0 aliphatic carbocycles. The molecule has 3 aromatic heterocycles. The lowest BCUT2D eigenvalue weighted by Crippen LogP contribution is -2.31. The number of pyridine rings is 1. The minimum absolute atomic E-state index is 0.134. The van der Waals surface area contributed by atoms with Crippen LogP contribution in [0.2, 0.25) is 0 Å². The lowest BCUT2D eigenvalue weighted by Gasteiger charge is -2.23. The fraction of sp³-hybridized carbons (Fsp3) is 0.474. The normalized spacial score (nSPS) is 17.4. The van der Waals surface area contributed by atoms with Gasteiger partial charge in [0.25, 0.3) is 5.91 Å². The van der Waals surface area contributed by atoms with Gasteiger partial charge in [0.2, 0.25) is 0 Å². The number of carbonyl (C=O) groups is 1. The third-order valence-corrected chi connectivity index (χ3v) is 6.06. The van der Waals surface area contributed by atoms with Gasteiger partial charge in [0.1, 0.15) is 10.4 Å². The molecular formula is C19H20F3N5OS. The molecule has 6 nitrogen and oxygen atoms in total. The molecule has 0 aromatic carbocycles. The van der Waals surface area contributed by atoms with Gasteiger partial charge in [-0.15, -0.1) is 21.5 Å².